The quantitative estimate of drug-likeness (QED) is 0.492. The van der Waals surface area contributed by atoms with Gasteiger partial charge >= 0.3 is 5.97 Å². The highest BCUT2D eigenvalue weighted by Gasteiger charge is 2.53. The van der Waals surface area contributed by atoms with Gasteiger partial charge in [-0.1, -0.05) is 18.2 Å². The van der Waals surface area contributed by atoms with E-state index in [0.717, 1.165) is 16.7 Å². The number of benzene rings is 3. The predicted octanol–water partition coefficient (Wildman–Crippen LogP) is 3.85. The number of fused-ring (bicyclic) bond motifs is 3. The van der Waals surface area contributed by atoms with Crippen molar-refractivity contribution in [1.29, 1.82) is 0 Å². The van der Waals surface area contributed by atoms with Gasteiger partial charge in [-0.3, -0.25) is 9.59 Å². The summed E-state index contributed by atoms with van der Waals surface area (Å²) in [5.74, 6) is 0.739. The summed E-state index contributed by atoms with van der Waals surface area (Å²) < 4.78 is 33.7. The van der Waals surface area contributed by atoms with Gasteiger partial charge in [0.15, 0.2) is 23.0 Å². The van der Waals surface area contributed by atoms with Crippen molar-refractivity contribution in [2.24, 2.45) is 11.8 Å². The second kappa shape index (κ2) is 9.48. The fourth-order valence-electron chi connectivity index (χ4n) is 5.84. The second-order valence-electron chi connectivity index (χ2n) is 9.41. The summed E-state index contributed by atoms with van der Waals surface area (Å²) in [6.07, 6.45) is 0. The number of carbonyl (C=O) groups is 2. The number of methoxy groups -OCH3 is 3. The van der Waals surface area contributed by atoms with Crippen LogP contribution in [0.3, 0.4) is 0 Å². The predicted molar refractivity (Wildman–Crippen MR) is 135 cm³/mol. The van der Waals surface area contributed by atoms with E-state index in [1.165, 1.54) is 0 Å². The molecule has 0 unspecified atom stereocenters. The highest BCUT2D eigenvalue weighted by molar-refractivity contribution is 5.94. The summed E-state index contributed by atoms with van der Waals surface area (Å²) >= 11 is 0. The Morgan fingerprint density at radius 3 is 2.16 bits per heavy atom. The average Bonchev–Trinajstić information content (AvgIpc) is 3.57. The van der Waals surface area contributed by atoms with E-state index in [1.807, 2.05) is 42.5 Å². The molecule has 1 fully saturated rings. The van der Waals surface area contributed by atoms with E-state index < -0.39 is 17.9 Å². The van der Waals surface area contributed by atoms with Gasteiger partial charge in [-0.2, -0.15) is 0 Å². The van der Waals surface area contributed by atoms with Crippen molar-refractivity contribution in [3.63, 3.8) is 0 Å². The summed E-state index contributed by atoms with van der Waals surface area (Å²) in [4.78, 5) is 26.6. The molecule has 1 amide bonds. The average molecular weight is 518 g/mol. The number of amides is 1. The van der Waals surface area contributed by atoms with Gasteiger partial charge in [-0.05, 0) is 53.1 Å². The number of carbonyl (C=O) groups excluding carboxylic acids is 2. The maximum atomic E-state index is 13.3. The van der Waals surface area contributed by atoms with Gasteiger partial charge < -0.3 is 33.7 Å². The van der Waals surface area contributed by atoms with Crippen molar-refractivity contribution >= 4 is 11.9 Å². The first-order chi connectivity index (χ1) is 18.5. The molecule has 0 saturated carbocycles. The minimum absolute atomic E-state index is 0.100. The molecule has 4 atom stereocenters. The van der Waals surface area contributed by atoms with Crippen LogP contribution < -0.4 is 29.0 Å². The first-order valence-corrected chi connectivity index (χ1v) is 12.3. The highest BCUT2D eigenvalue weighted by Crippen LogP contribution is 2.55. The van der Waals surface area contributed by atoms with Crippen LogP contribution in [0.15, 0.2) is 54.6 Å². The fourth-order valence-corrected chi connectivity index (χ4v) is 5.84. The normalized spacial score (nSPS) is 22.7. The second-order valence-corrected chi connectivity index (χ2v) is 9.41. The van der Waals surface area contributed by atoms with Crippen LogP contribution in [-0.4, -0.2) is 46.6 Å². The minimum Gasteiger partial charge on any atom is -0.493 e. The Balaban J connectivity index is 1.53. The molecule has 1 aliphatic carbocycles. The molecule has 0 radical (unpaired) electrons. The summed E-state index contributed by atoms with van der Waals surface area (Å²) in [6.45, 7) is 0.279. The van der Waals surface area contributed by atoms with Crippen molar-refractivity contribution in [2.75, 3.05) is 34.7 Å². The first-order valence-electron chi connectivity index (χ1n) is 12.3. The molecule has 2 heterocycles. The van der Waals surface area contributed by atoms with Gasteiger partial charge in [-0.25, -0.2) is 0 Å². The molecule has 38 heavy (non-hydrogen) atoms. The van der Waals surface area contributed by atoms with E-state index in [4.69, 9.17) is 28.4 Å². The molecular formula is C29H27NO8. The lowest BCUT2D eigenvalue weighted by Crippen LogP contribution is -2.42. The smallest absolute Gasteiger partial charge is 0.310 e. The number of ether oxygens (including phenoxy) is 6. The molecule has 3 aromatic rings. The Morgan fingerprint density at radius 2 is 1.53 bits per heavy atom. The largest absolute Gasteiger partial charge is 0.493 e. The Labute approximate surface area is 219 Å². The lowest BCUT2D eigenvalue weighted by molar-refractivity contribution is -0.141. The monoisotopic (exact) mass is 517 g/mol. The van der Waals surface area contributed by atoms with E-state index in [-0.39, 0.29) is 31.2 Å². The molecule has 3 aromatic carbocycles. The third-order valence-electron chi connectivity index (χ3n) is 7.56. The summed E-state index contributed by atoms with van der Waals surface area (Å²) in [5, 5.41) is 3.17. The van der Waals surface area contributed by atoms with E-state index in [9.17, 15) is 9.59 Å². The maximum Gasteiger partial charge on any atom is 0.310 e. The van der Waals surface area contributed by atoms with Gasteiger partial charge in [0.2, 0.25) is 12.5 Å². The van der Waals surface area contributed by atoms with Gasteiger partial charge in [0, 0.05) is 17.4 Å². The van der Waals surface area contributed by atoms with Crippen molar-refractivity contribution in [2.45, 2.75) is 12.0 Å². The van der Waals surface area contributed by atoms with Crippen molar-refractivity contribution in [1.82, 2.24) is 5.32 Å². The summed E-state index contributed by atoms with van der Waals surface area (Å²) in [5.41, 5.74) is 3.00. The summed E-state index contributed by atoms with van der Waals surface area (Å²) in [6, 6.07) is 16.0. The molecule has 9 nitrogen and oxygen atoms in total. The molecule has 0 spiro atoms. The Bertz CT molecular complexity index is 1380. The van der Waals surface area contributed by atoms with E-state index in [2.05, 4.69) is 5.32 Å². The molecule has 3 aliphatic rings. The van der Waals surface area contributed by atoms with Crippen LogP contribution in [0.25, 0.3) is 0 Å². The zero-order chi connectivity index (χ0) is 26.4. The van der Waals surface area contributed by atoms with Crippen LogP contribution in [0.1, 0.15) is 39.0 Å². The molecule has 6 rings (SSSR count). The standard InChI is InChI=1S/C29H27NO8/c1-33-22-9-16(10-23(34-2)27(22)35-3)24-17-11-20-21(38-14-37-20)12-18(17)26(19-13-36-29(32)25(19)24)30-28(31)15-7-5-4-6-8-15/h4-12,19,24-26H,13-14H2,1-3H3,(H,30,31)/t19-,24+,25+,26+/m0/s1. The van der Waals surface area contributed by atoms with Crippen molar-refractivity contribution in [3.05, 3.63) is 76.9 Å². The van der Waals surface area contributed by atoms with Crippen LogP contribution in [0.4, 0.5) is 0 Å². The Morgan fingerprint density at radius 1 is 0.868 bits per heavy atom. The Hall–Kier alpha value is -4.40. The number of cyclic esters (lactones) is 1. The van der Waals surface area contributed by atoms with E-state index in [1.54, 1.807) is 33.5 Å². The zero-order valence-corrected chi connectivity index (χ0v) is 21.2. The van der Waals surface area contributed by atoms with Gasteiger partial charge in [-0.15, -0.1) is 0 Å². The van der Waals surface area contributed by atoms with Crippen LogP contribution in [0.2, 0.25) is 0 Å². The Kier molecular flexibility index (Phi) is 5.98. The summed E-state index contributed by atoms with van der Waals surface area (Å²) in [7, 11) is 4.65. The molecule has 196 valence electrons. The van der Waals surface area contributed by atoms with E-state index in [0.29, 0.717) is 34.3 Å². The minimum atomic E-state index is -0.563. The molecule has 1 N–H and O–H groups in total. The van der Waals surface area contributed by atoms with Crippen LogP contribution in [-0.2, 0) is 9.53 Å². The number of esters is 1. The van der Waals surface area contributed by atoms with Gasteiger partial charge in [0.25, 0.3) is 5.91 Å². The molecule has 0 bridgehead atoms. The van der Waals surface area contributed by atoms with Crippen LogP contribution in [0.5, 0.6) is 28.7 Å². The van der Waals surface area contributed by atoms with E-state index >= 15 is 0 Å². The fraction of sp³-hybridized carbons (Fsp3) is 0.310. The SMILES string of the molecule is COc1cc([C@@H]2c3cc4c(cc3[C@@H](NC(=O)c3ccccc3)[C@H]3COC(=O)[C@@H]23)OCO4)cc(OC)c1OC. The molecule has 0 aromatic heterocycles. The highest BCUT2D eigenvalue weighted by atomic mass is 16.7. The number of rotatable bonds is 6. The molecule has 9 heteroatoms. The molecule has 1 saturated heterocycles. The third-order valence-corrected chi connectivity index (χ3v) is 7.56. The number of hydrogen-bond donors (Lipinski definition) is 1. The van der Waals surface area contributed by atoms with Crippen LogP contribution in [0, 0.1) is 11.8 Å². The number of hydrogen-bond acceptors (Lipinski definition) is 8. The van der Waals surface area contributed by atoms with Gasteiger partial charge in [0.05, 0.1) is 39.9 Å². The van der Waals surface area contributed by atoms with Gasteiger partial charge in [0.1, 0.15) is 0 Å². The lowest BCUT2D eigenvalue weighted by atomic mass is 9.65. The van der Waals surface area contributed by atoms with Crippen molar-refractivity contribution in [3.8, 4) is 28.7 Å². The third kappa shape index (κ3) is 3.77. The van der Waals surface area contributed by atoms with Crippen molar-refractivity contribution < 1.29 is 38.0 Å². The molecular weight excluding hydrogens is 490 g/mol. The topological polar surface area (TPSA) is 102 Å². The zero-order valence-electron chi connectivity index (χ0n) is 21.2. The number of nitrogens with one attached hydrogen (secondary N) is 1. The van der Waals surface area contributed by atoms with Crippen LogP contribution >= 0.6 is 0 Å². The first kappa shape index (κ1) is 24.0. The maximum absolute atomic E-state index is 13.3. The molecule has 2 aliphatic heterocycles. The lowest BCUT2D eigenvalue weighted by Gasteiger charge is -2.39.